The molecule has 0 radical (unpaired) electrons. The number of carboxylic acid groups (broad SMARTS) is 1. The summed E-state index contributed by atoms with van der Waals surface area (Å²) in [6.07, 6.45) is 0.242. The van der Waals surface area contributed by atoms with E-state index < -0.39 is 11.8 Å². The van der Waals surface area contributed by atoms with Crippen LogP contribution in [0.1, 0.15) is 32.5 Å². The Balaban J connectivity index is 1.94. The van der Waals surface area contributed by atoms with Crippen molar-refractivity contribution in [2.75, 3.05) is 5.32 Å². The molecule has 0 spiro atoms. The van der Waals surface area contributed by atoms with E-state index in [2.05, 4.69) is 21.2 Å². The van der Waals surface area contributed by atoms with Gasteiger partial charge in [0, 0.05) is 27.3 Å². The van der Waals surface area contributed by atoms with Gasteiger partial charge in [-0.2, -0.15) is 0 Å². The molecule has 0 fully saturated rings. The van der Waals surface area contributed by atoms with Crippen molar-refractivity contribution in [1.82, 2.24) is 0 Å². The molecule has 4 nitrogen and oxygen atoms in total. The van der Waals surface area contributed by atoms with E-state index in [1.54, 1.807) is 0 Å². The van der Waals surface area contributed by atoms with E-state index in [-0.39, 0.29) is 23.1 Å². The van der Waals surface area contributed by atoms with Crippen LogP contribution in [-0.4, -0.2) is 17.0 Å². The summed E-state index contributed by atoms with van der Waals surface area (Å²) in [7, 11) is 0. The Hall–Kier alpha value is -2.51. The fourth-order valence-corrected chi connectivity index (χ4v) is 4.98. The molecule has 4 rings (SSSR count). The third-order valence-electron chi connectivity index (χ3n) is 4.48. The van der Waals surface area contributed by atoms with E-state index in [1.165, 1.54) is 24.3 Å². The number of halogens is 2. The number of rotatable bonds is 3. The first-order valence-corrected chi connectivity index (χ1v) is 9.76. The summed E-state index contributed by atoms with van der Waals surface area (Å²) in [6.45, 7) is 0. The van der Waals surface area contributed by atoms with Crippen LogP contribution < -0.4 is 5.32 Å². The fraction of sp³-hybridized carbons (Fsp3) is 0.100. The van der Waals surface area contributed by atoms with Gasteiger partial charge in [-0.25, -0.2) is 9.18 Å². The van der Waals surface area contributed by atoms with Crippen LogP contribution in [0.25, 0.3) is 11.1 Å². The Morgan fingerprint density at radius 1 is 1.22 bits per heavy atom. The van der Waals surface area contributed by atoms with Gasteiger partial charge in [-0.05, 0) is 35.4 Å². The predicted molar refractivity (Wildman–Crippen MR) is 106 cm³/mol. The number of nitrogens with one attached hydrogen (secondary N) is 1. The van der Waals surface area contributed by atoms with E-state index in [4.69, 9.17) is 0 Å². The summed E-state index contributed by atoms with van der Waals surface area (Å²) in [6, 6.07) is 13.3. The molecule has 1 aliphatic rings. The Labute approximate surface area is 166 Å². The average Bonchev–Trinajstić information content (AvgIpc) is 3.01. The quantitative estimate of drug-likeness (QED) is 0.559. The van der Waals surface area contributed by atoms with Crippen LogP contribution in [0.15, 0.2) is 53.0 Å². The molecule has 2 aromatic carbocycles. The SMILES string of the molecule is O=C1CC(c2cccc(Br)c2)c2sc(C(=O)O)c(-c3ccc(F)cc3)c2N1. The van der Waals surface area contributed by atoms with E-state index in [0.29, 0.717) is 16.8 Å². The third-order valence-corrected chi connectivity index (χ3v) is 6.27. The molecule has 136 valence electrons. The summed E-state index contributed by atoms with van der Waals surface area (Å²) in [4.78, 5) is 25.2. The number of thiophene rings is 1. The van der Waals surface area contributed by atoms with Gasteiger partial charge in [0.05, 0.1) is 5.69 Å². The molecule has 27 heavy (non-hydrogen) atoms. The summed E-state index contributed by atoms with van der Waals surface area (Å²) in [5.74, 6) is -1.89. The zero-order chi connectivity index (χ0) is 19.1. The number of hydrogen-bond acceptors (Lipinski definition) is 3. The lowest BCUT2D eigenvalue weighted by Gasteiger charge is -2.24. The minimum atomic E-state index is -1.07. The summed E-state index contributed by atoms with van der Waals surface area (Å²) in [5.41, 5.74) is 2.42. The number of hydrogen-bond donors (Lipinski definition) is 2. The number of benzene rings is 2. The molecule has 2 N–H and O–H groups in total. The van der Waals surface area contributed by atoms with Gasteiger partial charge in [0.25, 0.3) is 0 Å². The maximum Gasteiger partial charge on any atom is 0.346 e. The Morgan fingerprint density at radius 3 is 2.63 bits per heavy atom. The van der Waals surface area contributed by atoms with Crippen molar-refractivity contribution in [2.45, 2.75) is 12.3 Å². The second-order valence-corrected chi connectivity index (χ2v) is 8.19. The van der Waals surface area contributed by atoms with Gasteiger partial charge in [0.2, 0.25) is 5.91 Å². The van der Waals surface area contributed by atoms with Gasteiger partial charge in [-0.1, -0.05) is 40.2 Å². The van der Waals surface area contributed by atoms with Crippen LogP contribution in [0.3, 0.4) is 0 Å². The zero-order valence-electron chi connectivity index (χ0n) is 13.8. The van der Waals surface area contributed by atoms with Gasteiger partial charge in [-0.15, -0.1) is 11.3 Å². The molecule has 0 saturated carbocycles. The topological polar surface area (TPSA) is 66.4 Å². The third kappa shape index (κ3) is 3.28. The Kier molecular flexibility index (Phi) is 4.57. The number of fused-ring (bicyclic) bond motifs is 1. The molecule has 1 aliphatic heterocycles. The van der Waals surface area contributed by atoms with Crippen molar-refractivity contribution >= 4 is 44.8 Å². The van der Waals surface area contributed by atoms with Gasteiger partial charge in [0.1, 0.15) is 10.7 Å². The second kappa shape index (κ2) is 6.90. The lowest BCUT2D eigenvalue weighted by Crippen LogP contribution is -2.22. The molecule has 0 aliphatic carbocycles. The highest BCUT2D eigenvalue weighted by Crippen LogP contribution is 2.49. The van der Waals surface area contributed by atoms with Crippen molar-refractivity contribution < 1.29 is 19.1 Å². The lowest BCUT2D eigenvalue weighted by atomic mass is 9.89. The standard InChI is InChI=1S/C20H13BrFNO3S/c21-12-3-1-2-11(8-12)14-9-15(24)23-17-16(10-4-6-13(22)7-5-10)19(20(25)26)27-18(14)17/h1-8,14H,9H2,(H,23,24)(H,25,26). The van der Waals surface area contributed by atoms with E-state index >= 15 is 0 Å². The molecular formula is C20H13BrFNO3S. The van der Waals surface area contributed by atoms with E-state index in [1.807, 2.05) is 24.3 Å². The molecular weight excluding hydrogens is 433 g/mol. The van der Waals surface area contributed by atoms with Crippen molar-refractivity contribution in [2.24, 2.45) is 0 Å². The maximum atomic E-state index is 13.3. The van der Waals surface area contributed by atoms with Crippen LogP contribution in [0, 0.1) is 5.82 Å². The Morgan fingerprint density at radius 2 is 1.96 bits per heavy atom. The minimum Gasteiger partial charge on any atom is -0.477 e. The van der Waals surface area contributed by atoms with Crippen molar-refractivity contribution in [3.05, 3.63) is 74.1 Å². The average molecular weight is 446 g/mol. The van der Waals surface area contributed by atoms with Gasteiger partial charge < -0.3 is 10.4 Å². The normalized spacial score (nSPS) is 15.9. The van der Waals surface area contributed by atoms with Crippen molar-refractivity contribution in [1.29, 1.82) is 0 Å². The highest BCUT2D eigenvalue weighted by molar-refractivity contribution is 9.10. The first kappa shape index (κ1) is 17.9. The van der Waals surface area contributed by atoms with Crippen molar-refractivity contribution in [3.63, 3.8) is 0 Å². The molecule has 2 heterocycles. The highest BCUT2D eigenvalue weighted by atomic mass is 79.9. The summed E-state index contributed by atoms with van der Waals surface area (Å²) >= 11 is 4.60. The van der Waals surface area contributed by atoms with Crippen LogP contribution >= 0.6 is 27.3 Å². The van der Waals surface area contributed by atoms with Crippen molar-refractivity contribution in [3.8, 4) is 11.1 Å². The Bertz CT molecular complexity index is 1060. The van der Waals surface area contributed by atoms with Gasteiger partial charge >= 0.3 is 5.97 Å². The number of amides is 1. The van der Waals surface area contributed by atoms with Gasteiger partial charge in [0.15, 0.2) is 0 Å². The first-order valence-electron chi connectivity index (χ1n) is 8.15. The monoisotopic (exact) mass is 445 g/mol. The fourth-order valence-electron chi connectivity index (χ4n) is 3.32. The van der Waals surface area contributed by atoms with Crippen LogP contribution in [-0.2, 0) is 4.79 Å². The molecule has 1 amide bonds. The molecule has 3 aromatic rings. The number of carboxylic acids is 1. The van der Waals surface area contributed by atoms with Crippen LogP contribution in [0.5, 0.6) is 0 Å². The molecule has 7 heteroatoms. The van der Waals surface area contributed by atoms with Crippen LogP contribution in [0.2, 0.25) is 0 Å². The maximum absolute atomic E-state index is 13.3. The molecule has 0 saturated heterocycles. The van der Waals surface area contributed by atoms with Crippen LogP contribution in [0.4, 0.5) is 10.1 Å². The first-order chi connectivity index (χ1) is 12.9. The summed E-state index contributed by atoms with van der Waals surface area (Å²) < 4.78 is 14.2. The smallest absolute Gasteiger partial charge is 0.346 e. The van der Waals surface area contributed by atoms with Gasteiger partial charge in [-0.3, -0.25) is 4.79 Å². The number of carbonyl (C=O) groups is 2. The largest absolute Gasteiger partial charge is 0.477 e. The summed E-state index contributed by atoms with van der Waals surface area (Å²) in [5, 5.41) is 12.5. The predicted octanol–water partition coefficient (Wildman–Crippen LogP) is 5.49. The second-order valence-electron chi connectivity index (χ2n) is 6.22. The minimum absolute atomic E-state index is 0.133. The number of aromatic carboxylic acids is 1. The zero-order valence-corrected chi connectivity index (χ0v) is 16.2. The van der Waals surface area contributed by atoms with E-state index in [9.17, 15) is 19.1 Å². The molecule has 1 atom stereocenters. The highest BCUT2D eigenvalue weighted by Gasteiger charge is 2.34. The lowest BCUT2D eigenvalue weighted by molar-refractivity contribution is -0.116. The number of carbonyl (C=O) groups excluding carboxylic acids is 1. The van der Waals surface area contributed by atoms with E-state index in [0.717, 1.165) is 26.3 Å². The molecule has 0 bridgehead atoms. The number of anilines is 1. The molecule has 1 aromatic heterocycles. The molecule has 1 unspecified atom stereocenters.